The number of carbonyl (C=O) groups is 2. The number of amides is 2. The van der Waals surface area contributed by atoms with Crippen molar-refractivity contribution >= 4 is 11.8 Å². The summed E-state index contributed by atoms with van der Waals surface area (Å²) in [6.07, 6.45) is 7.34. The molecule has 4 aromatic rings. The van der Waals surface area contributed by atoms with E-state index in [0.717, 1.165) is 71.0 Å². The van der Waals surface area contributed by atoms with Gasteiger partial charge in [0.05, 0.1) is 47.9 Å². The lowest BCUT2D eigenvalue weighted by Gasteiger charge is -2.27. The molecule has 6 N–H and O–H groups in total. The predicted molar refractivity (Wildman–Crippen MR) is 180 cm³/mol. The molecule has 10 nitrogen and oxygen atoms in total. The number of H-pyrrole nitrogens is 2. The number of likely N-dealkylation sites (tertiary alicyclic amines) is 2. The van der Waals surface area contributed by atoms with Crippen molar-refractivity contribution < 1.29 is 9.59 Å². The standard InChI is InChI=1S/C36H46N8O2/c1-21(2)31(37)35(45)43-17-5-7-29(43)33-39-19-27(41-33)25-13-9-23(10-14-25)24-11-15-26(16-12-24)28-20-40-34(42-28)30-8-6-18-44(30)36(46)32(38)22(3)4/h9-16,19-22,29-32H,5-8,17-18,37-38H2,1-4H3,(H,39,41)(H,40,42)/t29-,30-,31+,32+/m0/s1. The molecule has 10 heteroatoms. The molecule has 242 valence electrons. The van der Waals surface area contributed by atoms with Gasteiger partial charge in [-0.05, 0) is 59.8 Å². The molecule has 2 amide bonds. The number of imidazole rings is 2. The van der Waals surface area contributed by atoms with Crippen LogP contribution in [0, 0.1) is 11.8 Å². The molecule has 0 aliphatic carbocycles. The number of hydrogen-bond donors (Lipinski definition) is 4. The molecule has 2 fully saturated rings. The number of hydrogen-bond acceptors (Lipinski definition) is 6. The monoisotopic (exact) mass is 622 g/mol. The minimum atomic E-state index is -0.497. The minimum absolute atomic E-state index is 0.00181. The third-order valence-electron chi connectivity index (χ3n) is 9.63. The molecular weight excluding hydrogens is 576 g/mol. The van der Waals surface area contributed by atoms with Crippen LogP contribution in [0.5, 0.6) is 0 Å². The zero-order valence-electron chi connectivity index (χ0n) is 27.2. The first-order valence-corrected chi connectivity index (χ1v) is 16.6. The predicted octanol–water partition coefficient (Wildman–Crippen LogP) is 5.43. The largest absolute Gasteiger partial charge is 0.340 e. The summed E-state index contributed by atoms with van der Waals surface area (Å²) in [6, 6.07) is 15.7. The Morgan fingerprint density at radius 2 is 1.00 bits per heavy atom. The first kappa shape index (κ1) is 31.7. The highest BCUT2D eigenvalue weighted by Crippen LogP contribution is 2.34. The van der Waals surface area contributed by atoms with Gasteiger partial charge < -0.3 is 31.2 Å². The second kappa shape index (κ2) is 13.2. The fourth-order valence-corrected chi connectivity index (χ4v) is 6.57. The lowest BCUT2D eigenvalue weighted by Crippen LogP contribution is -2.46. The molecule has 2 aliphatic heterocycles. The average molecular weight is 623 g/mol. The van der Waals surface area contributed by atoms with Gasteiger partial charge in [0.25, 0.3) is 0 Å². The third kappa shape index (κ3) is 6.24. The summed E-state index contributed by atoms with van der Waals surface area (Å²) < 4.78 is 0. The molecule has 0 radical (unpaired) electrons. The van der Waals surface area contributed by atoms with Gasteiger partial charge in [-0.1, -0.05) is 76.2 Å². The molecular formula is C36H46N8O2. The number of carbonyl (C=O) groups excluding carboxylic acids is 2. The molecule has 0 bridgehead atoms. The van der Waals surface area contributed by atoms with Crippen LogP contribution in [0.25, 0.3) is 33.6 Å². The van der Waals surface area contributed by atoms with Gasteiger partial charge in [0.2, 0.25) is 11.8 Å². The molecule has 2 saturated heterocycles. The Kier molecular flexibility index (Phi) is 9.11. The lowest BCUT2D eigenvalue weighted by atomic mass is 10.0. The van der Waals surface area contributed by atoms with Gasteiger partial charge in [0.1, 0.15) is 11.6 Å². The van der Waals surface area contributed by atoms with Crippen molar-refractivity contribution in [3.05, 3.63) is 72.6 Å². The Balaban J connectivity index is 1.12. The molecule has 2 aromatic carbocycles. The first-order valence-electron chi connectivity index (χ1n) is 16.6. The SMILES string of the molecule is CC(C)[C@@H](N)C(=O)N1CCC[C@H]1c1ncc(-c2ccc(-c3ccc(-c4cnc([C@@H]5CCCN5C(=O)[C@H](N)C(C)C)[nH]4)cc3)cc2)[nH]1. The number of nitrogens with one attached hydrogen (secondary N) is 2. The quantitative estimate of drug-likeness (QED) is 0.196. The smallest absolute Gasteiger partial charge is 0.240 e. The highest BCUT2D eigenvalue weighted by Gasteiger charge is 2.36. The van der Waals surface area contributed by atoms with Crippen molar-refractivity contribution in [1.82, 2.24) is 29.7 Å². The van der Waals surface area contributed by atoms with Crippen molar-refractivity contribution in [2.45, 2.75) is 77.5 Å². The molecule has 4 atom stereocenters. The summed E-state index contributed by atoms with van der Waals surface area (Å²) in [5, 5.41) is 0. The number of nitrogens with zero attached hydrogens (tertiary/aromatic N) is 4. The average Bonchev–Trinajstić information content (AvgIpc) is 3.89. The maximum Gasteiger partial charge on any atom is 0.240 e. The van der Waals surface area contributed by atoms with Crippen LogP contribution in [0.3, 0.4) is 0 Å². The van der Waals surface area contributed by atoms with Crippen LogP contribution in [-0.2, 0) is 9.59 Å². The Morgan fingerprint density at radius 3 is 1.35 bits per heavy atom. The van der Waals surface area contributed by atoms with Crippen LogP contribution in [0.15, 0.2) is 60.9 Å². The normalized spacial score (nSPS) is 19.7. The minimum Gasteiger partial charge on any atom is -0.340 e. The van der Waals surface area contributed by atoms with E-state index in [9.17, 15) is 9.59 Å². The molecule has 46 heavy (non-hydrogen) atoms. The molecule has 0 spiro atoms. The first-order chi connectivity index (χ1) is 22.1. The second-order valence-corrected chi connectivity index (χ2v) is 13.4. The number of rotatable bonds is 9. The van der Waals surface area contributed by atoms with Crippen molar-refractivity contribution in [1.29, 1.82) is 0 Å². The lowest BCUT2D eigenvalue weighted by molar-refractivity contribution is -0.135. The van der Waals surface area contributed by atoms with Crippen molar-refractivity contribution in [2.75, 3.05) is 13.1 Å². The molecule has 0 saturated carbocycles. The van der Waals surface area contributed by atoms with Crippen molar-refractivity contribution in [3.63, 3.8) is 0 Å². The van der Waals surface area contributed by atoms with Gasteiger partial charge >= 0.3 is 0 Å². The highest BCUT2D eigenvalue weighted by atomic mass is 16.2. The Bertz CT molecular complexity index is 1530. The van der Waals surface area contributed by atoms with Gasteiger partial charge in [-0.15, -0.1) is 0 Å². The van der Waals surface area contributed by atoms with Gasteiger partial charge in [-0.3, -0.25) is 9.59 Å². The van der Waals surface area contributed by atoms with Crippen LogP contribution in [-0.4, -0.2) is 66.7 Å². The van der Waals surface area contributed by atoms with Gasteiger partial charge in [-0.2, -0.15) is 0 Å². The number of nitrogens with two attached hydrogens (primary N) is 2. The number of aromatic amines is 2. The number of aromatic nitrogens is 4. The fourth-order valence-electron chi connectivity index (χ4n) is 6.57. The summed E-state index contributed by atoms with van der Waals surface area (Å²) in [5.74, 6) is 1.80. The van der Waals surface area contributed by atoms with E-state index in [2.05, 4.69) is 68.5 Å². The van der Waals surface area contributed by atoms with Crippen LogP contribution in [0.4, 0.5) is 0 Å². The molecule has 2 aliphatic rings. The highest BCUT2D eigenvalue weighted by molar-refractivity contribution is 5.83. The Hall–Kier alpha value is -4.28. The van der Waals surface area contributed by atoms with Crippen LogP contribution >= 0.6 is 0 Å². The van der Waals surface area contributed by atoms with Crippen molar-refractivity contribution in [2.24, 2.45) is 23.3 Å². The summed E-state index contributed by atoms with van der Waals surface area (Å²) in [4.78, 5) is 46.0. The maximum atomic E-state index is 13.0. The van der Waals surface area contributed by atoms with Crippen LogP contribution in [0.2, 0.25) is 0 Å². The summed E-state index contributed by atoms with van der Waals surface area (Å²) in [7, 11) is 0. The molecule has 2 aromatic heterocycles. The van der Waals surface area contributed by atoms with E-state index in [1.165, 1.54) is 0 Å². The summed E-state index contributed by atoms with van der Waals surface area (Å²) in [6.45, 7) is 9.34. The van der Waals surface area contributed by atoms with E-state index in [1.807, 2.05) is 49.9 Å². The van der Waals surface area contributed by atoms with E-state index >= 15 is 0 Å². The van der Waals surface area contributed by atoms with E-state index in [1.54, 1.807) is 0 Å². The Morgan fingerprint density at radius 1 is 0.652 bits per heavy atom. The molecule has 0 unspecified atom stereocenters. The van der Waals surface area contributed by atoms with E-state index in [4.69, 9.17) is 11.5 Å². The van der Waals surface area contributed by atoms with Gasteiger partial charge in [0.15, 0.2) is 0 Å². The third-order valence-corrected chi connectivity index (χ3v) is 9.63. The molecule has 6 rings (SSSR count). The molecule has 4 heterocycles. The fraction of sp³-hybridized carbons (Fsp3) is 0.444. The van der Waals surface area contributed by atoms with Gasteiger partial charge in [0, 0.05) is 13.1 Å². The summed E-state index contributed by atoms with van der Waals surface area (Å²) >= 11 is 0. The van der Waals surface area contributed by atoms with E-state index in [0.29, 0.717) is 13.1 Å². The summed E-state index contributed by atoms with van der Waals surface area (Å²) in [5.41, 5.74) is 18.5. The van der Waals surface area contributed by atoms with Crippen LogP contribution < -0.4 is 11.5 Å². The maximum absolute atomic E-state index is 13.0. The van der Waals surface area contributed by atoms with E-state index in [-0.39, 0.29) is 35.7 Å². The topological polar surface area (TPSA) is 150 Å². The Labute approximate surface area is 271 Å². The second-order valence-electron chi connectivity index (χ2n) is 13.4. The zero-order valence-corrected chi connectivity index (χ0v) is 27.2. The van der Waals surface area contributed by atoms with E-state index < -0.39 is 12.1 Å². The van der Waals surface area contributed by atoms with Crippen molar-refractivity contribution in [3.8, 4) is 33.6 Å². The number of benzene rings is 2. The zero-order chi connectivity index (χ0) is 32.5. The van der Waals surface area contributed by atoms with Gasteiger partial charge in [-0.25, -0.2) is 9.97 Å². The van der Waals surface area contributed by atoms with Crippen LogP contribution in [0.1, 0.15) is 77.1 Å².